The molecule has 1 fully saturated rings. The van der Waals surface area contributed by atoms with Gasteiger partial charge in [0.15, 0.2) is 0 Å². The molecule has 4 nitrogen and oxygen atoms in total. The van der Waals surface area contributed by atoms with Gasteiger partial charge in [0.25, 0.3) is 0 Å². The van der Waals surface area contributed by atoms with Gasteiger partial charge in [0.2, 0.25) is 0 Å². The van der Waals surface area contributed by atoms with E-state index in [9.17, 15) is 35.5 Å². The molecule has 0 aliphatic carbocycles. The summed E-state index contributed by atoms with van der Waals surface area (Å²) in [5, 5.41) is 0. The number of ether oxygens (including phenoxy) is 2. The molecule has 0 unspecified atom stereocenters. The normalized spacial score (nSPS) is 17.8. The molecule has 1 amide bonds. The van der Waals surface area contributed by atoms with Gasteiger partial charge in [-0.05, 0) is 70.3 Å². The van der Waals surface area contributed by atoms with Crippen molar-refractivity contribution in [2.24, 2.45) is 0 Å². The zero-order valence-electron chi connectivity index (χ0n) is 25.4. The molecule has 0 saturated carbocycles. The van der Waals surface area contributed by atoms with E-state index in [2.05, 4.69) is 0 Å². The molecule has 238 valence electrons. The van der Waals surface area contributed by atoms with Crippen LogP contribution in [-0.4, -0.2) is 24.1 Å². The van der Waals surface area contributed by atoms with E-state index in [1.54, 1.807) is 6.07 Å². The van der Waals surface area contributed by atoms with Gasteiger partial charge in [-0.2, -0.15) is 26.3 Å². The molecule has 0 aromatic heterocycles. The Balaban J connectivity index is 1.81. The monoisotopic (exact) mass is 625 g/mol. The van der Waals surface area contributed by atoms with Crippen LogP contribution in [0, 0.1) is 5.82 Å². The maximum Gasteiger partial charge on any atom is 0.416 e. The number of alkyl halides is 6. The highest BCUT2D eigenvalue weighted by molar-refractivity contribution is 5.76. The van der Waals surface area contributed by atoms with Crippen LogP contribution in [0.5, 0.6) is 5.75 Å². The fourth-order valence-corrected chi connectivity index (χ4v) is 5.33. The van der Waals surface area contributed by atoms with E-state index in [0.717, 1.165) is 5.56 Å². The number of hydrogen-bond acceptors (Lipinski definition) is 3. The zero-order valence-corrected chi connectivity index (χ0v) is 25.4. The van der Waals surface area contributed by atoms with Gasteiger partial charge in [-0.15, -0.1) is 0 Å². The molecule has 0 spiro atoms. The second-order valence-corrected chi connectivity index (χ2v) is 12.4. The summed E-state index contributed by atoms with van der Waals surface area (Å²) in [4.78, 5) is 14.4. The third-order valence-electron chi connectivity index (χ3n) is 7.87. The van der Waals surface area contributed by atoms with E-state index in [-0.39, 0.29) is 29.7 Å². The van der Waals surface area contributed by atoms with E-state index in [1.165, 1.54) is 25.0 Å². The van der Waals surface area contributed by atoms with Crippen molar-refractivity contribution < 1.29 is 45.0 Å². The lowest BCUT2D eigenvalue weighted by atomic mass is 9.83. The lowest BCUT2D eigenvalue weighted by molar-refractivity contribution is -0.143. The number of nitrogens with zero attached hydrogens (tertiary/aromatic N) is 1. The fourth-order valence-electron chi connectivity index (χ4n) is 5.33. The summed E-state index contributed by atoms with van der Waals surface area (Å²) in [6, 6.07) is 8.87. The van der Waals surface area contributed by atoms with Crippen LogP contribution >= 0.6 is 0 Å². The summed E-state index contributed by atoms with van der Waals surface area (Å²) >= 11 is 0. The van der Waals surface area contributed by atoms with Crippen molar-refractivity contribution in [3.63, 3.8) is 0 Å². The summed E-state index contributed by atoms with van der Waals surface area (Å²) in [6.45, 7) is 11.1. The maximum absolute atomic E-state index is 14.9. The minimum atomic E-state index is -5.05. The molecular weight excluding hydrogens is 591 g/mol. The Hall–Kier alpha value is -3.76. The maximum atomic E-state index is 14.9. The number of hydrogen-bond donors (Lipinski definition) is 0. The van der Waals surface area contributed by atoms with Crippen LogP contribution in [-0.2, 0) is 29.0 Å². The predicted molar refractivity (Wildman–Crippen MR) is 152 cm³/mol. The van der Waals surface area contributed by atoms with E-state index in [4.69, 9.17) is 9.47 Å². The van der Waals surface area contributed by atoms with Gasteiger partial charge >= 0.3 is 18.4 Å². The lowest BCUT2D eigenvalue weighted by Gasteiger charge is -2.26. The van der Waals surface area contributed by atoms with Gasteiger partial charge in [-0.25, -0.2) is 9.18 Å². The highest BCUT2D eigenvalue weighted by atomic mass is 19.4. The largest absolute Gasteiger partial charge is 0.496 e. The van der Waals surface area contributed by atoms with Crippen LogP contribution in [0.2, 0.25) is 0 Å². The van der Waals surface area contributed by atoms with Gasteiger partial charge in [-0.1, -0.05) is 52.8 Å². The predicted octanol–water partition coefficient (Wildman–Crippen LogP) is 10.0. The molecule has 0 radical (unpaired) electrons. The molecule has 1 aliphatic rings. The minimum absolute atomic E-state index is 0.0362. The molecule has 44 heavy (non-hydrogen) atoms. The number of amides is 1. The van der Waals surface area contributed by atoms with E-state index in [1.807, 2.05) is 52.8 Å². The quantitative estimate of drug-likeness (QED) is 0.256. The summed E-state index contributed by atoms with van der Waals surface area (Å²) in [7, 11) is 1.41. The average Bonchev–Trinajstić information content (AvgIpc) is 3.19. The molecule has 4 rings (SSSR count). The minimum Gasteiger partial charge on any atom is -0.496 e. The lowest BCUT2D eigenvalue weighted by Crippen LogP contribution is -2.32. The molecule has 0 bridgehead atoms. The average molecular weight is 626 g/mol. The van der Waals surface area contributed by atoms with Crippen molar-refractivity contribution in [2.45, 2.75) is 83.9 Å². The number of rotatable bonds is 6. The molecule has 11 heteroatoms. The van der Waals surface area contributed by atoms with Crippen molar-refractivity contribution in [3.8, 4) is 16.9 Å². The van der Waals surface area contributed by atoms with Crippen LogP contribution in [0.15, 0.2) is 48.5 Å². The first-order chi connectivity index (χ1) is 20.2. The molecule has 1 aliphatic heterocycles. The van der Waals surface area contributed by atoms with Gasteiger partial charge < -0.3 is 9.47 Å². The first-order valence-electron chi connectivity index (χ1n) is 14.0. The Morgan fingerprint density at radius 1 is 0.864 bits per heavy atom. The van der Waals surface area contributed by atoms with Crippen molar-refractivity contribution in [1.82, 2.24) is 4.90 Å². The highest BCUT2D eigenvalue weighted by Crippen LogP contribution is 2.43. The third-order valence-corrected chi connectivity index (χ3v) is 7.87. The number of carbonyl (C=O) groups excluding carboxylic acids is 1. The second kappa shape index (κ2) is 11.6. The summed E-state index contributed by atoms with van der Waals surface area (Å²) in [5.41, 5.74) is -0.549. The van der Waals surface area contributed by atoms with Crippen LogP contribution in [0.1, 0.15) is 86.9 Å². The second-order valence-electron chi connectivity index (χ2n) is 12.4. The van der Waals surface area contributed by atoms with Crippen LogP contribution in [0.3, 0.4) is 0 Å². The van der Waals surface area contributed by atoms with E-state index < -0.39 is 53.1 Å². The first-order valence-corrected chi connectivity index (χ1v) is 14.0. The fraction of sp³-hybridized carbons (Fsp3) is 0.424. The van der Waals surface area contributed by atoms with Gasteiger partial charge in [-0.3, -0.25) is 4.90 Å². The number of benzene rings is 3. The van der Waals surface area contributed by atoms with Gasteiger partial charge in [0.05, 0.1) is 30.8 Å². The highest BCUT2D eigenvalue weighted by Gasteiger charge is 2.43. The SMILES string of the molecule is COc1cc(F)c(C(C)C)cc1-c1ccc(C(C)(C)C)cc1CN1C(=O)O[C@H](c2cc(C(F)(F)F)cc(C(F)(F)F)c2)[C@@H]1C. The van der Waals surface area contributed by atoms with Crippen molar-refractivity contribution >= 4 is 6.09 Å². The van der Waals surface area contributed by atoms with Crippen molar-refractivity contribution in [3.05, 3.63) is 87.7 Å². The van der Waals surface area contributed by atoms with Crippen LogP contribution < -0.4 is 4.74 Å². The third kappa shape index (κ3) is 6.66. The number of methoxy groups -OCH3 is 1. The summed E-state index contributed by atoms with van der Waals surface area (Å²) in [5.74, 6) is -0.331. The Kier molecular flexibility index (Phi) is 8.76. The van der Waals surface area contributed by atoms with Crippen LogP contribution in [0.25, 0.3) is 11.1 Å². The van der Waals surface area contributed by atoms with E-state index >= 15 is 0 Å². The molecular formula is C33H34F7NO3. The number of carbonyl (C=O) groups is 1. The zero-order chi connectivity index (χ0) is 32.9. The molecule has 1 saturated heterocycles. The summed E-state index contributed by atoms with van der Waals surface area (Å²) in [6.07, 6.45) is -12.4. The Morgan fingerprint density at radius 2 is 1.45 bits per heavy atom. The topological polar surface area (TPSA) is 38.8 Å². The number of cyclic esters (lactones) is 1. The molecule has 3 aromatic rings. The smallest absolute Gasteiger partial charge is 0.416 e. The van der Waals surface area contributed by atoms with Crippen molar-refractivity contribution in [1.29, 1.82) is 0 Å². The Morgan fingerprint density at radius 3 is 1.95 bits per heavy atom. The Labute approximate surface area is 251 Å². The summed E-state index contributed by atoms with van der Waals surface area (Å²) < 4.78 is 107. The van der Waals surface area contributed by atoms with Gasteiger partial charge in [0, 0.05) is 11.6 Å². The van der Waals surface area contributed by atoms with Gasteiger partial charge in [0.1, 0.15) is 17.7 Å². The van der Waals surface area contributed by atoms with Crippen molar-refractivity contribution in [2.75, 3.05) is 7.11 Å². The first kappa shape index (κ1) is 33.1. The standard InChI is InChI=1S/C33H34F7NO3/c1-17(2)25-14-26(28(43-7)15-27(25)34)24-9-8-21(31(4,5)6)12-20(24)16-41-18(3)29(44-30(41)42)19-10-22(32(35,36)37)13-23(11-19)33(38,39)40/h8-15,17-18,29H,16H2,1-7H3/t18-,29-/m0/s1. The molecule has 0 N–H and O–H groups in total. The molecule has 1 heterocycles. The van der Waals surface area contributed by atoms with Crippen LogP contribution in [0.4, 0.5) is 35.5 Å². The number of halogens is 7. The van der Waals surface area contributed by atoms with E-state index in [0.29, 0.717) is 34.4 Å². The Bertz CT molecular complexity index is 1520. The molecule has 3 aromatic carbocycles. The molecule has 2 atom stereocenters.